The molecule has 0 bridgehead atoms. The van der Waals surface area contributed by atoms with Gasteiger partial charge in [0.25, 0.3) is 5.91 Å². The SMILES string of the molecule is CC1(O)CCC(Nc2nc(Nc3cc(C(=O)N[C@H]4CCNC4)cs3)nc3ccsc23)CC1. The molecule has 3 aromatic heterocycles. The topological polar surface area (TPSA) is 111 Å². The third kappa shape index (κ3) is 4.88. The first kappa shape index (κ1) is 21.6. The van der Waals surface area contributed by atoms with E-state index in [1.54, 1.807) is 11.3 Å². The molecule has 10 heteroatoms. The summed E-state index contributed by atoms with van der Waals surface area (Å²) in [7, 11) is 0. The zero-order valence-corrected chi connectivity index (χ0v) is 19.6. The number of hydrogen-bond donors (Lipinski definition) is 5. The van der Waals surface area contributed by atoms with Gasteiger partial charge in [-0.15, -0.1) is 22.7 Å². The second-order valence-electron chi connectivity index (χ2n) is 8.93. The summed E-state index contributed by atoms with van der Waals surface area (Å²) in [5.74, 6) is 1.28. The fraction of sp³-hybridized carbons (Fsp3) is 0.500. The van der Waals surface area contributed by atoms with Crippen LogP contribution in [0.15, 0.2) is 22.9 Å². The van der Waals surface area contributed by atoms with Crippen LogP contribution >= 0.6 is 22.7 Å². The van der Waals surface area contributed by atoms with Crippen molar-refractivity contribution in [1.29, 1.82) is 0 Å². The van der Waals surface area contributed by atoms with E-state index < -0.39 is 5.60 Å². The van der Waals surface area contributed by atoms with Crippen molar-refractivity contribution < 1.29 is 9.90 Å². The lowest BCUT2D eigenvalue weighted by molar-refractivity contribution is 0.0196. The fourth-order valence-corrected chi connectivity index (χ4v) is 5.83. The van der Waals surface area contributed by atoms with E-state index in [1.807, 2.05) is 29.8 Å². The van der Waals surface area contributed by atoms with Gasteiger partial charge in [0, 0.05) is 24.0 Å². The molecule has 0 unspecified atom stereocenters. The third-order valence-electron chi connectivity index (χ3n) is 6.20. The van der Waals surface area contributed by atoms with Crippen molar-refractivity contribution >= 4 is 55.6 Å². The van der Waals surface area contributed by atoms with Gasteiger partial charge in [-0.1, -0.05) is 0 Å². The smallest absolute Gasteiger partial charge is 0.252 e. The van der Waals surface area contributed by atoms with E-state index in [0.717, 1.165) is 66.2 Å². The largest absolute Gasteiger partial charge is 0.390 e. The number of hydrogen-bond acceptors (Lipinski definition) is 9. The molecule has 1 saturated carbocycles. The second kappa shape index (κ2) is 8.93. The maximum Gasteiger partial charge on any atom is 0.252 e. The van der Waals surface area contributed by atoms with Crippen LogP contribution in [0.4, 0.5) is 16.8 Å². The van der Waals surface area contributed by atoms with E-state index in [-0.39, 0.29) is 18.0 Å². The average Bonchev–Trinajstić information content (AvgIpc) is 3.51. The molecule has 0 radical (unpaired) electrons. The first-order valence-electron chi connectivity index (χ1n) is 11.1. The standard InChI is InChI=1S/C22H28N6O2S2/c1-22(30)6-2-14(3-7-22)24-19-18-16(5-9-31-18)26-21(28-19)27-17-10-13(12-32-17)20(29)25-15-4-8-23-11-15/h5,9-10,12,14-15,23,30H,2-4,6-8,11H2,1H3,(H,25,29)(H2,24,26,27,28)/t14?,15-,22?/m0/s1. The molecule has 3 aromatic rings. The number of amides is 1. The summed E-state index contributed by atoms with van der Waals surface area (Å²) in [6.07, 6.45) is 4.35. The van der Waals surface area contributed by atoms with Gasteiger partial charge >= 0.3 is 0 Å². The molecule has 32 heavy (non-hydrogen) atoms. The minimum Gasteiger partial charge on any atom is -0.390 e. The normalized spacial score (nSPS) is 25.7. The van der Waals surface area contributed by atoms with Crippen molar-refractivity contribution in [2.45, 2.75) is 56.7 Å². The number of rotatable bonds is 6. The molecule has 4 heterocycles. The zero-order valence-electron chi connectivity index (χ0n) is 18.0. The quantitative estimate of drug-likeness (QED) is 0.372. The third-order valence-corrected chi connectivity index (χ3v) is 7.96. The second-order valence-corrected chi connectivity index (χ2v) is 10.8. The summed E-state index contributed by atoms with van der Waals surface area (Å²) in [4.78, 5) is 21.9. The number of aromatic nitrogens is 2. The summed E-state index contributed by atoms with van der Waals surface area (Å²) < 4.78 is 1.03. The Bertz CT molecular complexity index is 1090. The van der Waals surface area contributed by atoms with Crippen LogP contribution in [0.3, 0.4) is 0 Å². The number of nitrogens with one attached hydrogen (secondary N) is 4. The van der Waals surface area contributed by atoms with Crippen LogP contribution in [0.2, 0.25) is 0 Å². The van der Waals surface area contributed by atoms with E-state index in [1.165, 1.54) is 11.3 Å². The molecule has 0 spiro atoms. The molecule has 8 nitrogen and oxygen atoms in total. The summed E-state index contributed by atoms with van der Waals surface area (Å²) in [6, 6.07) is 4.32. The number of carbonyl (C=O) groups is 1. The number of carbonyl (C=O) groups excluding carboxylic acids is 1. The monoisotopic (exact) mass is 472 g/mol. The predicted octanol–water partition coefficient (Wildman–Crippen LogP) is 3.69. The van der Waals surface area contributed by atoms with Crippen LogP contribution in [0.25, 0.3) is 10.2 Å². The average molecular weight is 473 g/mol. The molecule has 2 aliphatic rings. The predicted molar refractivity (Wildman–Crippen MR) is 130 cm³/mol. The van der Waals surface area contributed by atoms with Gasteiger partial charge in [0.05, 0.1) is 26.4 Å². The summed E-state index contributed by atoms with van der Waals surface area (Å²) in [6.45, 7) is 3.68. The molecule has 5 rings (SSSR count). The number of aliphatic hydroxyl groups is 1. The molecule has 0 aromatic carbocycles. The highest BCUT2D eigenvalue weighted by molar-refractivity contribution is 7.17. The molecule has 5 N–H and O–H groups in total. The van der Waals surface area contributed by atoms with Crippen molar-refractivity contribution in [2.24, 2.45) is 0 Å². The Morgan fingerprint density at radius 1 is 1.22 bits per heavy atom. The molecular weight excluding hydrogens is 444 g/mol. The van der Waals surface area contributed by atoms with Crippen molar-refractivity contribution in [3.8, 4) is 0 Å². The Morgan fingerprint density at radius 3 is 2.84 bits per heavy atom. The van der Waals surface area contributed by atoms with Gasteiger partial charge in [-0.25, -0.2) is 4.98 Å². The Kier molecular flexibility index (Phi) is 6.02. The first-order valence-corrected chi connectivity index (χ1v) is 12.8. The van der Waals surface area contributed by atoms with Gasteiger partial charge in [0.1, 0.15) is 5.82 Å². The minimum absolute atomic E-state index is 0.0484. The Hall–Kier alpha value is -2.27. The fourth-order valence-electron chi connectivity index (χ4n) is 4.27. The van der Waals surface area contributed by atoms with Crippen LogP contribution in [-0.2, 0) is 0 Å². The van der Waals surface area contributed by atoms with Crippen molar-refractivity contribution in [3.63, 3.8) is 0 Å². The van der Waals surface area contributed by atoms with Crippen LogP contribution in [0.5, 0.6) is 0 Å². The molecular formula is C22H28N6O2S2. The van der Waals surface area contributed by atoms with Crippen LogP contribution in [0, 0.1) is 0 Å². The van der Waals surface area contributed by atoms with Crippen molar-refractivity contribution in [1.82, 2.24) is 20.6 Å². The number of anilines is 3. The van der Waals surface area contributed by atoms with E-state index in [9.17, 15) is 9.90 Å². The minimum atomic E-state index is -0.563. The zero-order chi connectivity index (χ0) is 22.1. The molecule has 170 valence electrons. The molecule has 1 aliphatic heterocycles. The van der Waals surface area contributed by atoms with E-state index >= 15 is 0 Å². The summed E-state index contributed by atoms with van der Waals surface area (Å²) in [5, 5.41) is 28.1. The number of thiophene rings is 2. The Morgan fingerprint density at radius 2 is 2.06 bits per heavy atom. The highest BCUT2D eigenvalue weighted by atomic mass is 32.1. The molecule has 1 atom stereocenters. The molecule has 1 amide bonds. The van der Waals surface area contributed by atoms with Gasteiger partial charge in [-0.2, -0.15) is 4.98 Å². The highest BCUT2D eigenvalue weighted by Crippen LogP contribution is 2.33. The molecule has 1 saturated heterocycles. The van der Waals surface area contributed by atoms with E-state index in [0.29, 0.717) is 11.5 Å². The van der Waals surface area contributed by atoms with Crippen LogP contribution in [0.1, 0.15) is 49.4 Å². The Labute approximate surface area is 194 Å². The Balaban J connectivity index is 1.29. The van der Waals surface area contributed by atoms with E-state index in [4.69, 9.17) is 4.98 Å². The maximum absolute atomic E-state index is 12.5. The number of fused-ring (bicyclic) bond motifs is 1. The number of nitrogens with zero attached hydrogens (tertiary/aromatic N) is 2. The lowest BCUT2D eigenvalue weighted by Gasteiger charge is -2.33. The summed E-state index contributed by atoms with van der Waals surface area (Å²) >= 11 is 3.09. The lowest BCUT2D eigenvalue weighted by atomic mass is 9.84. The van der Waals surface area contributed by atoms with Gasteiger partial charge in [-0.3, -0.25) is 4.79 Å². The lowest BCUT2D eigenvalue weighted by Crippen LogP contribution is -2.36. The van der Waals surface area contributed by atoms with Crippen molar-refractivity contribution in [3.05, 3.63) is 28.5 Å². The van der Waals surface area contributed by atoms with Crippen LogP contribution in [-0.4, -0.2) is 51.8 Å². The van der Waals surface area contributed by atoms with Gasteiger partial charge in [-0.05, 0) is 63.1 Å². The highest BCUT2D eigenvalue weighted by Gasteiger charge is 2.29. The van der Waals surface area contributed by atoms with Gasteiger partial charge in [0.15, 0.2) is 0 Å². The first-order chi connectivity index (χ1) is 15.4. The van der Waals surface area contributed by atoms with E-state index in [2.05, 4.69) is 26.3 Å². The van der Waals surface area contributed by atoms with Gasteiger partial charge in [0.2, 0.25) is 5.95 Å². The molecule has 2 fully saturated rings. The maximum atomic E-state index is 12.5. The summed E-state index contributed by atoms with van der Waals surface area (Å²) in [5.41, 5.74) is 0.974. The molecule has 1 aliphatic carbocycles. The van der Waals surface area contributed by atoms with Crippen molar-refractivity contribution in [2.75, 3.05) is 23.7 Å². The van der Waals surface area contributed by atoms with Crippen LogP contribution < -0.4 is 21.3 Å². The van der Waals surface area contributed by atoms with Gasteiger partial charge < -0.3 is 26.4 Å².